The van der Waals surface area contributed by atoms with E-state index in [1.165, 1.54) is 6.42 Å². The van der Waals surface area contributed by atoms with E-state index in [-0.39, 0.29) is 0 Å². The quantitative estimate of drug-likeness (QED) is 0.619. The lowest BCUT2D eigenvalue weighted by Gasteiger charge is -2.21. The van der Waals surface area contributed by atoms with Crippen molar-refractivity contribution in [2.24, 2.45) is 5.73 Å². The summed E-state index contributed by atoms with van der Waals surface area (Å²) >= 11 is 0. The molecule has 0 saturated carbocycles. The molecule has 0 aromatic carbocycles. The maximum atomic E-state index is 5.51. The van der Waals surface area contributed by atoms with Crippen LogP contribution in [0.2, 0.25) is 0 Å². The summed E-state index contributed by atoms with van der Waals surface area (Å²) < 4.78 is 5.48. The molecule has 0 fully saturated rings. The van der Waals surface area contributed by atoms with Gasteiger partial charge >= 0.3 is 0 Å². The summed E-state index contributed by atoms with van der Waals surface area (Å²) in [6, 6.07) is 0. The van der Waals surface area contributed by atoms with Gasteiger partial charge in [0.2, 0.25) is 0 Å². The molecule has 0 atom stereocenters. The van der Waals surface area contributed by atoms with E-state index in [1.807, 2.05) is 0 Å². The predicted molar refractivity (Wildman–Crippen MR) is 56.9 cm³/mol. The monoisotopic (exact) mass is 188 g/mol. The molecule has 0 bridgehead atoms. The van der Waals surface area contributed by atoms with Crippen LogP contribution in [0.25, 0.3) is 0 Å². The number of rotatable bonds is 8. The van der Waals surface area contributed by atoms with Crippen LogP contribution in [0.5, 0.6) is 0 Å². The largest absolute Gasteiger partial charge is 0.377 e. The molecule has 0 unspecified atom stereocenters. The summed E-state index contributed by atoms with van der Waals surface area (Å²) in [7, 11) is 0. The van der Waals surface area contributed by atoms with Crippen LogP contribution in [0.3, 0.4) is 0 Å². The lowest BCUT2D eigenvalue weighted by molar-refractivity contribution is 0.0596. The summed E-state index contributed by atoms with van der Waals surface area (Å²) in [6.45, 7) is 11.0. The minimum Gasteiger partial charge on any atom is -0.377 e. The molecule has 13 heavy (non-hydrogen) atoms. The highest BCUT2D eigenvalue weighted by Gasteiger charge is 2.02. The lowest BCUT2D eigenvalue weighted by atomic mass is 10.4. The zero-order chi connectivity index (χ0) is 10.1. The molecule has 0 aliphatic carbocycles. The average molecular weight is 188 g/mol. The second-order valence-corrected chi connectivity index (χ2v) is 3.55. The van der Waals surface area contributed by atoms with Crippen LogP contribution in [-0.2, 0) is 4.74 Å². The van der Waals surface area contributed by atoms with Gasteiger partial charge in [-0.15, -0.1) is 0 Å². The van der Waals surface area contributed by atoms with Crippen LogP contribution in [0.1, 0.15) is 27.2 Å². The van der Waals surface area contributed by atoms with E-state index in [9.17, 15) is 0 Å². The molecular formula is C10H24N2O. The van der Waals surface area contributed by atoms with E-state index in [2.05, 4.69) is 25.7 Å². The van der Waals surface area contributed by atoms with Crippen molar-refractivity contribution in [2.75, 3.05) is 32.8 Å². The predicted octanol–water partition coefficient (Wildman–Crippen LogP) is 1.08. The summed E-state index contributed by atoms with van der Waals surface area (Å²) in [4.78, 5) is 2.35. The number of hydrogen-bond acceptors (Lipinski definition) is 3. The summed E-state index contributed by atoms with van der Waals surface area (Å²) in [5.74, 6) is 0. The molecule has 0 spiro atoms. The number of nitrogens with zero attached hydrogens (tertiary/aromatic N) is 1. The maximum absolute atomic E-state index is 5.51. The molecule has 0 heterocycles. The Labute approximate surface area is 82.2 Å². The van der Waals surface area contributed by atoms with E-state index in [4.69, 9.17) is 10.5 Å². The molecule has 0 radical (unpaired) electrons. The van der Waals surface area contributed by atoms with E-state index < -0.39 is 0 Å². The minimum atomic E-state index is 0.335. The molecule has 0 aliphatic heterocycles. The molecular weight excluding hydrogens is 164 g/mol. The van der Waals surface area contributed by atoms with Gasteiger partial charge in [-0.2, -0.15) is 0 Å². The fourth-order valence-electron chi connectivity index (χ4n) is 1.25. The lowest BCUT2D eigenvalue weighted by Crippen LogP contribution is -2.33. The SMILES string of the molecule is CCCN(CCN)CCOC(C)C. The zero-order valence-electron chi connectivity index (χ0n) is 9.25. The van der Waals surface area contributed by atoms with Gasteiger partial charge in [-0.3, -0.25) is 4.90 Å². The molecule has 2 N–H and O–H groups in total. The molecule has 0 aromatic heterocycles. The third-order valence-corrected chi connectivity index (χ3v) is 1.84. The highest BCUT2D eigenvalue weighted by Crippen LogP contribution is 1.93. The highest BCUT2D eigenvalue weighted by molar-refractivity contribution is 4.56. The van der Waals surface area contributed by atoms with Crippen molar-refractivity contribution in [3.8, 4) is 0 Å². The van der Waals surface area contributed by atoms with Crippen molar-refractivity contribution in [3.05, 3.63) is 0 Å². The summed E-state index contributed by atoms with van der Waals surface area (Å²) in [5, 5.41) is 0. The third kappa shape index (κ3) is 8.22. The van der Waals surface area contributed by atoms with Crippen molar-refractivity contribution in [2.45, 2.75) is 33.3 Å². The minimum absolute atomic E-state index is 0.335. The first-order chi connectivity index (χ1) is 6.20. The van der Waals surface area contributed by atoms with E-state index in [0.717, 1.165) is 32.8 Å². The first-order valence-corrected chi connectivity index (χ1v) is 5.24. The van der Waals surface area contributed by atoms with Crippen molar-refractivity contribution >= 4 is 0 Å². The average Bonchev–Trinajstić information content (AvgIpc) is 2.04. The van der Waals surface area contributed by atoms with Gasteiger partial charge < -0.3 is 10.5 Å². The first kappa shape index (κ1) is 12.9. The Kier molecular flexibility index (Phi) is 8.40. The Morgan fingerprint density at radius 3 is 2.38 bits per heavy atom. The first-order valence-electron chi connectivity index (χ1n) is 5.24. The maximum Gasteiger partial charge on any atom is 0.0596 e. The van der Waals surface area contributed by atoms with Crippen molar-refractivity contribution in [1.82, 2.24) is 4.90 Å². The van der Waals surface area contributed by atoms with Crippen molar-refractivity contribution in [1.29, 1.82) is 0 Å². The zero-order valence-corrected chi connectivity index (χ0v) is 9.25. The molecule has 3 heteroatoms. The van der Waals surface area contributed by atoms with E-state index >= 15 is 0 Å². The normalized spacial score (nSPS) is 11.5. The van der Waals surface area contributed by atoms with Crippen LogP contribution in [0.4, 0.5) is 0 Å². The van der Waals surface area contributed by atoms with Gasteiger partial charge in [0.1, 0.15) is 0 Å². The third-order valence-electron chi connectivity index (χ3n) is 1.84. The molecule has 0 amide bonds. The summed E-state index contributed by atoms with van der Waals surface area (Å²) in [5.41, 5.74) is 5.51. The van der Waals surface area contributed by atoms with E-state index in [0.29, 0.717) is 6.10 Å². The fourth-order valence-corrected chi connectivity index (χ4v) is 1.25. The number of hydrogen-bond donors (Lipinski definition) is 1. The van der Waals surface area contributed by atoms with Gasteiger partial charge in [0.05, 0.1) is 12.7 Å². The second kappa shape index (κ2) is 8.48. The molecule has 80 valence electrons. The van der Waals surface area contributed by atoms with E-state index in [1.54, 1.807) is 0 Å². The number of ether oxygens (including phenoxy) is 1. The van der Waals surface area contributed by atoms with Gasteiger partial charge in [0, 0.05) is 19.6 Å². The second-order valence-electron chi connectivity index (χ2n) is 3.55. The van der Waals surface area contributed by atoms with Crippen molar-refractivity contribution in [3.63, 3.8) is 0 Å². The Morgan fingerprint density at radius 2 is 1.92 bits per heavy atom. The Morgan fingerprint density at radius 1 is 1.23 bits per heavy atom. The van der Waals surface area contributed by atoms with Gasteiger partial charge in [-0.25, -0.2) is 0 Å². The van der Waals surface area contributed by atoms with Crippen molar-refractivity contribution < 1.29 is 4.74 Å². The van der Waals surface area contributed by atoms with Gasteiger partial charge in [0.25, 0.3) is 0 Å². The number of nitrogens with two attached hydrogens (primary N) is 1. The van der Waals surface area contributed by atoms with Crippen LogP contribution >= 0.6 is 0 Å². The summed E-state index contributed by atoms with van der Waals surface area (Å²) in [6.07, 6.45) is 1.52. The Balaban J connectivity index is 3.44. The molecule has 3 nitrogen and oxygen atoms in total. The topological polar surface area (TPSA) is 38.5 Å². The smallest absolute Gasteiger partial charge is 0.0596 e. The molecule has 0 saturated heterocycles. The molecule has 0 rings (SSSR count). The van der Waals surface area contributed by atoms with Gasteiger partial charge in [-0.05, 0) is 26.8 Å². The van der Waals surface area contributed by atoms with Crippen LogP contribution in [0, 0.1) is 0 Å². The Bertz CT molecular complexity index is 101. The fraction of sp³-hybridized carbons (Fsp3) is 1.00. The molecule has 0 aliphatic rings. The Hall–Kier alpha value is -0.120. The standard InChI is InChI=1S/C10H24N2O/c1-4-6-12(7-5-11)8-9-13-10(2)3/h10H,4-9,11H2,1-3H3. The molecule has 0 aromatic rings. The van der Waals surface area contributed by atoms with Crippen LogP contribution in [-0.4, -0.2) is 43.8 Å². The van der Waals surface area contributed by atoms with Crippen LogP contribution in [0.15, 0.2) is 0 Å². The van der Waals surface area contributed by atoms with Gasteiger partial charge in [-0.1, -0.05) is 6.92 Å². The van der Waals surface area contributed by atoms with Gasteiger partial charge in [0.15, 0.2) is 0 Å². The van der Waals surface area contributed by atoms with Crippen LogP contribution < -0.4 is 5.73 Å². The highest BCUT2D eigenvalue weighted by atomic mass is 16.5.